The number of thiocarbonyl (C=S) groups is 1. The molecule has 0 radical (unpaired) electrons. The highest BCUT2D eigenvalue weighted by Gasteiger charge is 2.13. The van der Waals surface area contributed by atoms with Gasteiger partial charge in [0, 0.05) is 10.6 Å². The fraction of sp³-hybridized carbons (Fsp3) is 0.444. The number of anilines is 1. The number of alkyl halides is 2. The number of unbranched alkanes of at least 4 members (excludes halogenated alkanes) is 2. The number of benzene rings is 1. The average Bonchev–Trinajstić information content (AvgIpc) is 3.02. The zero-order valence-electron chi connectivity index (χ0n) is 14.2. The van der Waals surface area contributed by atoms with E-state index >= 15 is 0 Å². The van der Waals surface area contributed by atoms with E-state index in [0.717, 1.165) is 30.7 Å². The second-order valence-corrected chi connectivity index (χ2v) is 7.22. The molecule has 2 rings (SSSR count). The van der Waals surface area contributed by atoms with Gasteiger partial charge >= 0.3 is 0 Å². The van der Waals surface area contributed by atoms with Crippen LogP contribution in [0.1, 0.15) is 45.4 Å². The molecule has 0 aromatic heterocycles. The number of hydrogen-bond acceptors (Lipinski definition) is 3. The molecule has 0 spiro atoms. The van der Waals surface area contributed by atoms with Crippen molar-refractivity contribution in [2.45, 2.75) is 56.1 Å². The summed E-state index contributed by atoms with van der Waals surface area (Å²) >= 11 is 5.77. The predicted molar refractivity (Wildman–Crippen MR) is 107 cm³/mol. The number of rotatable bonds is 8. The first-order valence-electron chi connectivity index (χ1n) is 8.46. The standard InChI is InChI=1S/C18H23F2N3S2/c1-2-3-4-6-13-7-5-8-16(13)22-23-18(24)21-14-9-11-15(12-10-14)25-17(19)20/h7,9-12,17H,2-6,8H2,1H3,(H2,21,23,24)/b22-16-. The van der Waals surface area contributed by atoms with Crippen molar-refractivity contribution in [2.24, 2.45) is 5.10 Å². The minimum Gasteiger partial charge on any atom is -0.331 e. The van der Waals surface area contributed by atoms with Crippen molar-refractivity contribution in [3.05, 3.63) is 35.9 Å². The quantitative estimate of drug-likeness (QED) is 0.252. The smallest absolute Gasteiger partial charge is 0.288 e. The highest BCUT2D eigenvalue weighted by Crippen LogP contribution is 2.26. The summed E-state index contributed by atoms with van der Waals surface area (Å²) in [7, 11) is 0. The van der Waals surface area contributed by atoms with Crippen molar-refractivity contribution in [3.63, 3.8) is 0 Å². The van der Waals surface area contributed by atoms with Gasteiger partial charge in [0.05, 0.1) is 5.71 Å². The number of nitrogens with one attached hydrogen (secondary N) is 2. The summed E-state index contributed by atoms with van der Waals surface area (Å²) in [5, 5.41) is 7.83. The van der Waals surface area contributed by atoms with Gasteiger partial charge in [0.1, 0.15) is 0 Å². The fourth-order valence-corrected chi connectivity index (χ4v) is 3.26. The van der Waals surface area contributed by atoms with Gasteiger partial charge in [0.15, 0.2) is 5.11 Å². The van der Waals surface area contributed by atoms with Crippen molar-refractivity contribution >= 4 is 40.5 Å². The van der Waals surface area contributed by atoms with E-state index in [4.69, 9.17) is 12.2 Å². The third-order valence-corrected chi connectivity index (χ3v) is 4.74. The maximum absolute atomic E-state index is 12.3. The van der Waals surface area contributed by atoms with E-state index in [1.807, 2.05) is 0 Å². The first-order chi connectivity index (χ1) is 12.1. The molecule has 0 heterocycles. The van der Waals surface area contributed by atoms with Crippen LogP contribution >= 0.6 is 24.0 Å². The fourth-order valence-electron chi connectivity index (χ4n) is 2.60. The molecule has 0 saturated heterocycles. The minimum absolute atomic E-state index is 0.390. The number of hydrazone groups is 1. The lowest BCUT2D eigenvalue weighted by atomic mass is 10.1. The van der Waals surface area contributed by atoms with Gasteiger partial charge in [0.25, 0.3) is 5.76 Å². The van der Waals surface area contributed by atoms with Crippen LogP contribution in [0.5, 0.6) is 0 Å². The minimum atomic E-state index is -2.41. The normalized spacial score (nSPS) is 15.5. The Hall–Kier alpha value is -1.47. The van der Waals surface area contributed by atoms with Crippen LogP contribution in [-0.4, -0.2) is 16.6 Å². The largest absolute Gasteiger partial charge is 0.331 e. The summed E-state index contributed by atoms with van der Waals surface area (Å²) in [5.74, 6) is -2.41. The van der Waals surface area contributed by atoms with Crippen LogP contribution in [0.2, 0.25) is 0 Å². The molecule has 0 atom stereocenters. The van der Waals surface area contributed by atoms with Crippen LogP contribution in [0.4, 0.5) is 14.5 Å². The maximum Gasteiger partial charge on any atom is 0.288 e. The van der Waals surface area contributed by atoms with Gasteiger partial charge in [-0.2, -0.15) is 13.9 Å². The predicted octanol–water partition coefficient (Wildman–Crippen LogP) is 5.94. The van der Waals surface area contributed by atoms with E-state index < -0.39 is 5.76 Å². The molecule has 1 aromatic rings. The Morgan fingerprint density at radius 1 is 1.28 bits per heavy atom. The molecule has 7 heteroatoms. The Balaban J connectivity index is 1.82. The molecule has 0 unspecified atom stereocenters. The van der Waals surface area contributed by atoms with Gasteiger partial charge in [-0.15, -0.1) is 0 Å². The lowest BCUT2D eigenvalue weighted by Gasteiger charge is -2.10. The number of thioether (sulfide) groups is 1. The number of hydrogen-bond donors (Lipinski definition) is 2. The molecule has 0 amide bonds. The summed E-state index contributed by atoms with van der Waals surface area (Å²) in [4.78, 5) is 0.521. The van der Waals surface area contributed by atoms with Gasteiger partial charge in [-0.1, -0.05) is 37.6 Å². The third-order valence-electron chi connectivity index (χ3n) is 3.82. The molecule has 1 aliphatic carbocycles. The first-order valence-corrected chi connectivity index (χ1v) is 9.75. The zero-order valence-corrected chi connectivity index (χ0v) is 15.9. The van der Waals surface area contributed by atoms with E-state index in [9.17, 15) is 8.78 Å². The van der Waals surface area contributed by atoms with Gasteiger partial charge in [-0.3, -0.25) is 5.43 Å². The number of nitrogens with zero attached hydrogens (tertiary/aromatic N) is 1. The van der Waals surface area contributed by atoms with Crippen molar-refractivity contribution in [1.82, 2.24) is 5.43 Å². The average molecular weight is 384 g/mol. The molecule has 1 aliphatic rings. The van der Waals surface area contributed by atoms with Crippen molar-refractivity contribution in [3.8, 4) is 0 Å². The molecule has 25 heavy (non-hydrogen) atoms. The molecule has 0 bridgehead atoms. The Morgan fingerprint density at radius 2 is 2.04 bits per heavy atom. The zero-order chi connectivity index (χ0) is 18.1. The molecular formula is C18H23F2N3S2. The lowest BCUT2D eigenvalue weighted by molar-refractivity contribution is 0.252. The maximum atomic E-state index is 12.3. The summed E-state index contributed by atoms with van der Waals surface area (Å²) in [5.41, 5.74) is 6.01. The van der Waals surface area contributed by atoms with E-state index in [1.54, 1.807) is 24.3 Å². The van der Waals surface area contributed by atoms with Crippen LogP contribution in [-0.2, 0) is 0 Å². The van der Waals surface area contributed by atoms with Crippen molar-refractivity contribution in [1.29, 1.82) is 0 Å². The van der Waals surface area contributed by atoms with E-state index in [-0.39, 0.29) is 0 Å². The van der Waals surface area contributed by atoms with Gasteiger partial charge in [-0.25, -0.2) is 0 Å². The molecule has 0 aliphatic heterocycles. The van der Waals surface area contributed by atoms with E-state index in [1.165, 1.54) is 24.8 Å². The summed E-state index contributed by atoms with van der Waals surface area (Å²) in [6.07, 6.45) is 8.93. The SMILES string of the molecule is CCCCCC1=CCC/C1=N/NC(=S)Nc1ccc(SC(F)F)cc1. The van der Waals surface area contributed by atoms with Gasteiger partial charge in [-0.05, 0) is 67.7 Å². The Labute approximate surface area is 157 Å². The van der Waals surface area contributed by atoms with Crippen LogP contribution in [0, 0.1) is 0 Å². The topological polar surface area (TPSA) is 36.4 Å². The number of halogens is 2. The second-order valence-electron chi connectivity index (χ2n) is 5.75. The van der Waals surface area contributed by atoms with Crippen LogP contribution in [0.25, 0.3) is 0 Å². The van der Waals surface area contributed by atoms with Gasteiger partial charge in [0.2, 0.25) is 0 Å². The van der Waals surface area contributed by atoms with Gasteiger partial charge < -0.3 is 5.32 Å². The molecule has 1 aromatic carbocycles. The number of allylic oxidation sites excluding steroid dienone is 2. The summed E-state index contributed by atoms with van der Waals surface area (Å²) in [6, 6.07) is 6.72. The van der Waals surface area contributed by atoms with Crippen LogP contribution < -0.4 is 10.7 Å². The monoisotopic (exact) mass is 383 g/mol. The van der Waals surface area contributed by atoms with Crippen molar-refractivity contribution < 1.29 is 8.78 Å². The van der Waals surface area contributed by atoms with E-state index in [2.05, 4.69) is 28.8 Å². The Morgan fingerprint density at radius 3 is 2.72 bits per heavy atom. The molecule has 2 N–H and O–H groups in total. The molecular weight excluding hydrogens is 360 g/mol. The second kappa shape index (κ2) is 10.5. The Kier molecular flexibility index (Phi) is 8.34. The molecule has 136 valence electrons. The third kappa shape index (κ3) is 7.12. The molecule has 0 saturated carbocycles. The Bertz CT molecular complexity index is 628. The van der Waals surface area contributed by atoms with Crippen LogP contribution in [0.15, 0.2) is 45.9 Å². The van der Waals surface area contributed by atoms with Crippen LogP contribution in [0.3, 0.4) is 0 Å². The molecule has 0 fully saturated rings. The molecule has 3 nitrogen and oxygen atoms in total. The summed E-state index contributed by atoms with van der Waals surface area (Å²) in [6.45, 7) is 2.20. The lowest BCUT2D eigenvalue weighted by Crippen LogP contribution is -2.25. The van der Waals surface area contributed by atoms with E-state index in [0.29, 0.717) is 21.8 Å². The highest BCUT2D eigenvalue weighted by molar-refractivity contribution is 7.99. The highest BCUT2D eigenvalue weighted by atomic mass is 32.2. The summed E-state index contributed by atoms with van der Waals surface area (Å²) < 4.78 is 24.6. The first kappa shape index (κ1) is 19.8. The van der Waals surface area contributed by atoms with Crippen molar-refractivity contribution in [2.75, 3.05) is 5.32 Å².